The number of benzene rings is 2. The molecular weight excluding hydrogens is 444 g/mol. The molecule has 35 heavy (non-hydrogen) atoms. The number of nitrogens with two attached hydrogens (primary N) is 1. The summed E-state index contributed by atoms with van der Waals surface area (Å²) in [6.45, 7) is 2.46. The van der Waals surface area contributed by atoms with Crippen molar-refractivity contribution in [2.45, 2.75) is 63.6 Å². The van der Waals surface area contributed by atoms with Crippen molar-refractivity contribution in [3.63, 3.8) is 0 Å². The lowest BCUT2D eigenvalue weighted by Gasteiger charge is -2.28. The first-order valence-corrected chi connectivity index (χ1v) is 12.3. The Morgan fingerprint density at radius 2 is 1.94 bits per heavy atom. The topological polar surface area (TPSA) is 99.7 Å². The van der Waals surface area contributed by atoms with Crippen LogP contribution in [0.3, 0.4) is 0 Å². The van der Waals surface area contributed by atoms with Crippen LogP contribution in [0.4, 0.5) is 5.82 Å². The van der Waals surface area contributed by atoms with Crippen molar-refractivity contribution in [3.8, 4) is 5.75 Å². The van der Waals surface area contributed by atoms with Gasteiger partial charge in [-0.3, -0.25) is 4.79 Å². The highest BCUT2D eigenvalue weighted by Gasteiger charge is 2.43. The van der Waals surface area contributed by atoms with Crippen molar-refractivity contribution in [1.82, 2.24) is 14.5 Å². The summed E-state index contributed by atoms with van der Waals surface area (Å²) in [5, 5.41) is 2.20. The highest BCUT2D eigenvalue weighted by molar-refractivity contribution is 5.87. The van der Waals surface area contributed by atoms with Crippen molar-refractivity contribution >= 4 is 28.5 Å². The molecule has 0 unspecified atom stereocenters. The molecule has 1 amide bonds. The monoisotopic (exact) mass is 478 g/mol. The van der Waals surface area contributed by atoms with Crippen LogP contribution in [-0.2, 0) is 14.3 Å². The van der Waals surface area contributed by atoms with E-state index in [1.165, 1.54) is 7.11 Å². The van der Waals surface area contributed by atoms with E-state index in [1.807, 2.05) is 42.5 Å². The number of hydrogen-bond donors (Lipinski definition) is 1. The molecule has 2 aromatic carbocycles. The number of nitrogen functional groups attached to an aromatic ring is 1. The maximum atomic E-state index is 13.8. The molecule has 2 N–H and O–H groups in total. The van der Waals surface area contributed by atoms with Gasteiger partial charge in [0.25, 0.3) is 0 Å². The van der Waals surface area contributed by atoms with Crippen LogP contribution >= 0.6 is 0 Å². The number of carbonyl (C=O) groups excluding carboxylic acids is 2. The quantitative estimate of drug-likeness (QED) is 0.343. The summed E-state index contributed by atoms with van der Waals surface area (Å²) in [6.07, 6.45) is 8.13. The molecule has 3 atom stereocenters. The molecule has 1 aliphatic rings. The number of esters is 1. The summed E-state index contributed by atoms with van der Waals surface area (Å²) in [5.74, 6) is 0.502. The average molecular weight is 479 g/mol. The maximum absolute atomic E-state index is 13.8. The van der Waals surface area contributed by atoms with Crippen LogP contribution < -0.4 is 10.5 Å². The Kier molecular flexibility index (Phi) is 7.90. The van der Waals surface area contributed by atoms with E-state index in [1.54, 1.807) is 22.0 Å². The van der Waals surface area contributed by atoms with Crippen LogP contribution in [0.5, 0.6) is 5.75 Å². The van der Waals surface area contributed by atoms with Gasteiger partial charge in [-0.2, -0.15) is 0 Å². The molecule has 0 saturated carbocycles. The molecule has 8 nitrogen and oxygen atoms in total. The smallest absolute Gasteiger partial charge is 0.328 e. The van der Waals surface area contributed by atoms with Gasteiger partial charge in [-0.25, -0.2) is 9.78 Å². The number of aromatic nitrogens is 2. The minimum atomic E-state index is -0.697. The number of unbranched alkanes of at least 4 members (excludes halogenated alkanes) is 3. The molecule has 0 spiro atoms. The number of amides is 1. The highest BCUT2D eigenvalue weighted by atomic mass is 16.5. The largest absolute Gasteiger partial charge is 0.488 e. The van der Waals surface area contributed by atoms with Crippen molar-refractivity contribution in [2.75, 3.05) is 19.4 Å². The van der Waals surface area contributed by atoms with E-state index in [9.17, 15) is 9.59 Å². The molecule has 1 aromatic heterocycles. The van der Waals surface area contributed by atoms with E-state index >= 15 is 0 Å². The van der Waals surface area contributed by atoms with Gasteiger partial charge in [0.05, 0.1) is 20.0 Å². The normalized spacial score (nSPS) is 18.5. The average Bonchev–Trinajstić information content (AvgIpc) is 3.49. The minimum Gasteiger partial charge on any atom is -0.488 e. The van der Waals surface area contributed by atoms with Crippen LogP contribution in [0.2, 0.25) is 0 Å². The van der Waals surface area contributed by atoms with Gasteiger partial charge < -0.3 is 24.7 Å². The van der Waals surface area contributed by atoms with Crippen LogP contribution in [0.1, 0.15) is 51.5 Å². The van der Waals surface area contributed by atoms with Crippen molar-refractivity contribution < 1.29 is 19.1 Å². The Morgan fingerprint density at radius 1 is 1.14 bits per heavy atom. The molecule has 3 aromatic rings. The van der Waals surface area contributed by atoms with E-state index in [0.717, 1.165) is 36.5 Å². The van der Waals surface area contributed by atoms with Gasteiger partial charge in [0.1, 0.15) is 29.8 Å². The van der Waals surface area contributed by atoms with Gasteiger partial charge in [-0.05, 0) is 29.3 Å². The fourth-order valence-corrected chi connectivity index (χ4v) is 4.80. The zero-order valence-electron chi connectivity index (χ0n) is 20.4. The summed E-state index contributed by atoms with van der Waals surface area (Å²) in [7, 11) is 1.35. The van der Waals surface area contributed by atoms with Crippen LogP contribution in [-0.4, -0.2) is 52.1 Å². The number of rotatable bonds is 10. The van der Waals surface area contributed by atoms with Gasteiger partial charge >= 0.3 is 5.97 Å². The van der Waals surface area contributed by atoms with Crippen LogP contribution in [0.25, 0.3) is 10.8 Å². The number of fused-ring (bicyclic) bond motifs is 1. The zero-order chi connectivity index (χ0) is 24.8. The van der Waals surface area contributed by atoms with E-state index in [0.29, 0.717) is 31.0 Å². The number of likely N-dealkylation sites (tertiary alicyclic amines) is 1. The van der Waals surface area contributed by atoms with E-state index < -0.39 is 18.1 Å². The summed E-state index contributed by atoms with van der Waals surface area (Å²) in [6, 6.07) is 12.8. The van der Waals surface area contributed by atoms with Gasteiger partial charge in [0, 0.05) is 12.6 Å². The molecule has 0 aliphatic carbocycles. The van der Waals surface area contributed by atoms with E-state index in [2.05, 4.69) is 11.9 Å². The number of imidazole rings is 1. The first kappa shape index (κ1) is 24.6. The lowest BCUT2D eigenvalue weighted by atomic mass is 10.1. The molecular formula is C27H34N4O4. The Labute approximate surface area is 206 Å². The summed E-state index contributed by atoms with van der Waals surface area (Å²) in [5.41, 5.74) is 5.84. The molecule has 8 heteroatoms. The Balaban J connectivity index is 1.53. The second-order valence-corrected chi connectivity index (χ2v) is 9.12. The fraction of sp³-hybridized carbons (Fsp3) is 0.444. The van der Waals surface area contributed by atoms with Crippen molar-refractivity contribution in [3.05, 3.63) is 55.0 Å². The van der Waals surface area contributed by atoms with Gasteiger partial charge in [-0.15, -0.1) is 0 Å². The number of carbonyl (C=O) groups is 2. The summed E-state index contributed by atoms with van der Waals surface area (Å²) < 4.78 is 13.1. The number of anilines is 1. The van der Waals surface area contributed by atoms with Crippen molar-refractivity contribution in [2.24, 2.45) is 0 Å². The lowest BCUT2D eigenvalue weighted by molar-refractivity contribution is -0.152. The Hall–Kier alpha value is -3.55. The van der Waals surface area contributed by atoms with Gasteiger partial charge in [-0.1, -0.05) is 62.9 Å². The lowest BCUT2D eigenvalue weighted by Crippen LogP contribution is -2.44. The summed E-state index contributed by atoms with van der Waals surface area (Å²) >= 11 is 0. The molecule has 4 rings (SSSR count). The summed E-state index contributed by atoms with van der Waals surface area (Å²) in [4.78, 5) is 32.2. The fourth-order valence-electron chi connectivity index (χ4n) is 4.80. The molecule has 1 saturated heterocycles. The second kappa shape index (κ2) is 11.3. The molecule has 0 bridgehead atoms. The predicted octanol–water partition coefficient (Wildman–Crippen LogP) is 4.35. The van der Waals surface area contributed by atoms with Gasteiger partial charge in [0.15, 0.2) is 0 Å². The third kappa shape index (κ3) is 5.75. The number of ether oxygens (including phenoxy) is 2. The third-order valence-corrected chi connectivity index (χ3v) is 6.64. The van der Waals surface area contributed by atoms with Crippen molar-refractivity contribution in [1.29, 1.82) is 0 Å². The molecule has 0 radical (unpaired) electrons. The highest BCUT2D eigenvalue weighted by Crippen LogP contribution is 2.30. The maximum Gasteiger partial charge on any atom is 0.328 e. The SMILES string of the molecule is CCCCCC[C@H](C(=O)N1C[C@@H](Oc2ccc3ccccc3c2)C[C@H]1C(=O)OC)n1cnc(N)c1. The number of nitrogens with zero attached hydrogens (tertiary/aromatic N) is 3. The Morgan fingerprint density at radius 3 is 2.66 bits per heavy atom. The van der Waals surface area contributed by atoms with E-state index in [4.69, 9.17) is 15.2 Å². The number of methoxy groups -OCH3 is 1. The first-order valence-electron chi connectivity index (χ1n) is 12.3. The predicted molar refractivity (Wildman–Crippen MR) is 135 cm³/mol. The van der Waals surface area contributed by atoms with Crippen LogP contribution in [0, 0.1) is 0 Å². The van der Waals surface area contributed by atoms with Gasteiger partial charge in [0.2, 0.25) is 5.91 Å². The third-order valence-electron chi connectivity index (χ3n) is 6.64. The molecule has 1 aliphatic heterocycles. The molecule has 1 fully saturated rings. The number of hydrogen-bond acceptors (Lipinski definition) is 6. The standard InChI is InChI=1S/C27H34N4O4/c1-3-4-5-6-11-23(30-17-25(28)29-18-30)26(32)31-16-22(15-24(31)27(33)34-2)35-21-13-12-19-9-7-8-10-20(19)14-21/h7-10,12-14,17-18,22-24H,3-6,11,15-16,28H2,1-2H3/t22-,23+,24-/m0/s1. The molecule has 186 valence electrons. The first-order chi connectivity index (χ1) is 17.0. The van der Waals surface area contributed by atoms with Crippen LogP contribution in [0.15, 0.2) is 55.0 Å². The zero-order valence-corrected chi connectivity index (χ0v) is 20.4. The Bertz CT molecular complexity index is 1160. The second-order valence-electron chi connectivity index (χ2n) is 9.12. The minimum absolute atomic E-state index is 0.140. The molecule has 2 heterocycles. The van der Waals surface area contributed by atoms with E-state index in [-0.39, 0.29) is 12.0 Å².